The van der Waals surface area contributed by atoms with E-state index in [0.29, 0.717) is 5.92 Å². The standard InChI is InChI=1S/C20H30N4O2S2/c1-20(2,3)28(25,26)23-18-10-6-16(7-11-18)13-21-12-15-4-8-17(9-5-15)19-14-27-24-22-19/h4-5,8-9,14,16,18,21,23H,6-7,10-13H2,1-3H3/t16-,18-. The van der Waals surface area contributed by atoms with Crippen LogP contribution in [-0.2, 0) is 16.6 Å². The zero-order valence-electron chi connectivity index (χ0n) is 16.8. The number of benzene rings is 1. The van der Waals surface area contributed by atoms with Crippen LogP contribution in [0.15, 0.2) is 29.6 Å². The van der Waals surface area contributed by atoms with E-state index in [4.69, 9.17) is 0 Å². The van der Waals surface area contributed by atoms with Crippen LogP contribution in [0.1, 0.15) is 52.0 Å². The van der Waals surface area contributed by atoms with E-state index in [-0.39, 0.29) is 6.04 Å². The van der Waals surface area contributed by atoms with Gasteiger partial charge in [0.05, 0.1) is 4.75 Å². The van der Waals surface area contributed by atoms with E-state index in [1.807, 2.05) is 5.38 Å². The smallest absolute Gasteiger partial charge is 0.216 e. The van der Waals surface area contributed by atoms with E-state index < -0.39 is 14.8 Å². The van der Waals surface area contributed by atoms with Crippen molar-refractivity contribution in [2.45, 2.75) is 63.8 Å². The van der Waals surface area contributed by atoms with Crippen molar-refractivity contribution in [3.8, 4) is 11.3 Å². The minimum Gasteiger partial charge on any atom is -0.312 e. The molecule has 2 N–H and O–H groups in total. The molecule has 0 atom stereocenters. The highest BCUT2D eigenvalue weighted by Crippen LogP contribution is 2.26. The average molecular weight is 423 g/mol. The van der Waals surface area contributed by atoms with Gasteiger partial charge >= 0.3 is 0 Å². The number of rotatable bonds is 7. The molecule has 0 amide bonds. The molecule has 6 nitrogen and oxygen atoms in total. The molecule has 0 radical (unpaired) electrons. The molecule has 1 aliphatic carbocycles. The van der Waals surface area contributed by atoms with Gasteiger partial charge in [-0.05, 0) is 76.0 Å². The van der Waals surface area contributed by atoms with Gasteiger partial charge < -0.3 is 5.32 Å². The zero-order chi connectivity index (χ0) is 20.2. The SMILES string of the molecule is CC(C)(C)S(=O)(=O)N[C@H]1CC[C@H](CNCc2ccc(-c3csnn3)cc2)CC1. The lowest BCUT2D eigenvalue weighted by molar-refractivity contribution is 0.301. The van der Waals surface area contributed by atoms with Crippen molar-refractivity contribution in [3.05, 3.63) is 35.2 Å². The van der Waals surface area contributed by atoms with Gasteiger partial charge in [0.15, 0.2) is 0 Å². The molecular weight excluding hydrogens is 392 g/mol. The molecule has 2 aromatic rings. The molecular formula is C20H30N4O2S2. The van der Waals surface area contributed by atoms with Gasteiger partial charge in [0.1, 0.15) is 5.69 Å². The van der Waals surface area contributed by atoms with Crippen LogP contribution in [0.25, 0.3) is 11.3 Å². The Kier molecular flexibility index (Phi) is 6.85. The normalized spacial score (nSPS) is 21.0. The summed E-state index contributed by atoms with van der Waals surface area (Å²) in [4.78, 5) is 0. The van der Waals surface area contributed by atoms with Gasteiger partial charge in [-0.2, -0.15) is 0 Å². The zero-order valence-corrected chi connectivity index (χ0v) is 18.4. The lowest BCUT2D eigenvalue weighted by Crippen LogP contribution is -2.46. The number of hydrogen-bond donors (Lipinski definition) is 2. The molecule has 154 valence electrons. The Balaban J connectivity index is 1.39. The third-order valence-corrected chi connectivity index (χ3v) is 8.11. The maximum absolute atomic E-state index is 12.3. The first-order valence-electron chi connectivity index (χ1n) is 9.83. The average Bonchev–Trinajstić information content (AvgIpc) is 3.17. The minimum atomic E-state index is -3.26. The van der Waals surface area contributed by atoms with Gasteiger partial charge in [-0.1, -0.05) is 28.8 Å². The molecule has 1 aliphatic rings. The van der Waals surface area contributed by atoms with Crippen LogP contribution in [0.4, 0.5) is 0 Å². The second kappa shape index (κ2) is 8.98. The largest absolute Gasteiger partial charge is 0.312 e. The second-order valence-corrected chi connectivity index (χ2v) is 11.6. The highest BCUT2D eigenvalue weighted by molar-refractivity contribution is 7.90. The number of hydrogen-bond acceptors (Lipinski definition) is 6. The highest BCUT2D eigenvalue weighted by atomic mass is 32.2. The minimum absolute atomic E-state index is 0.0771. The fourth-order valence-electron chi connectivity index (χ4n) is 3.38. The maximum Gasteiger partial charge on any atom is 0.216 e. The van der Waals surface area contributed by atoms with Crippen molar-refractivity contribution in [1.29, 1.82) is 0 Å². The summed E-state index contributed by atoms with van der Waals surface area (Å²) < 4.78 is 30.6. The van der Waals surface area contributed by atoms with Gasteiger partial charge in [-0.15, -0.1) is 5.10 Å². The van der Waals surface area contributed by atoms with Crippen LogP contribution >= 0.6 is 11.5 Å². The van der Waals surface area contributed by atoms with E-state index in [0.717, 1.165) is 50.0 Å². The Bertz CT molecular complexity index is 835. The first kappa shape index (κ1) is 21.4. The molecule has 8 heteroatoms. The summed E-state index contributed by atoms with van der Waals surface area (Å²) in [6.07, 6.45) is 3.94. The maximum atomic E-state index is 12.3. The molecule has 0 spiro atoms. The monoisotopic (exact) mass is 422 g/mol. The molecule has 1 fully saturated rings. The second-order valence-electron chi connectivity index (χ2n) is 8.57. The Hall–Kier alpha value is -1.35. The lowest BCUT2D eigenvalue weighted by atomic mass is 9.86. The molecule has 0 saturated heterocycles. The van der Waals surface area contributed by atoms with E-state index in [2.05, 4.69) is 43.9 Å². The summed E-state index contributed by atoms with van der Waals surface area (Å²) in [7, 11) is -3.26. The summed E-state index contributed by atoms with van der Waals surface area (Å²) in [5.41, 5.74) is 3.26. The Morgan fingerprint density at radius 3 is 2.36 bits per heavy atom. The van der Waals surface area contributed by atoms with Gasteiger partial charge in [0, 0.05) is 23.5 Å². The molecule has 1 saturated carbocycles. The quantitative estimate of drug-likeness (QED) is 0.713. The van der Waals surface area contributed by atoms with E-state index >= 15 is 0 Å². The van der Waals surface area contributed by atoms with E-state index in [1.54, 1.807) is 20.8 Å². The molecule has 0 aliphatic heterocycles. The molecule has 0 unspecified atom stereocenters. The van der Waals surface area contributed by atoms with Crippen molar-refractivity contribution < 1.29 is 8.42 Å². The summed E-state index contributed by atoms with van der Waals surface area (Å²) in [5, 5.41) is 9.59. The summed E-state index contributed by atoms with van der Waals surface area (Å²) in [5.74, 6) is 0.607. The topological polar surface area (TPSA) is 84.0 Å². The number of sulfonamides is 1. The number of nitrogens with one attached hydrogen (secondary N) is 2. The first-order chi connectivity index (χ1) is 13.2. The van der Waals surface area contributed by atoms with Crippen molar-refractivity contribution in [2.75, 3.05) is 6.54 Å². The molecule has 0 bridgehead atoms. The number of aromatic nitrogens is 2. The molecule has 1 heterocycles. The fraction of sp³-hybridized carbons (Fsp3) is 0.600. The predicted octanol–water partition coefficient (Wildman–Crippen LogP) is 3.57. The van der Waals surface area contributed by atoms with Crippen molar-refractivity contribution in [2.24, 2.45) is 5.92 Å². The van der Waals surface area contributed by atoms with Crippen LogP contribution < -0.4 is 10.0 Å². The van der Waals surface area contributed by atoms with Crippen LogP contribution in [0.5, 0.6) is 0 Å². The van der Waals surface area contributed by atoms with Crippen molar-refractivity contribution >= 4 is 21.6 Å². The Morgan fingerprint density at radius 2 is 1.79 bits per heavy atom. The molecule has 3 rings (SSSR count). The van der Waals surface area contributed by atoms with Crippen LogP contribution in [0.3, 0.4) is 0 Å². The molecule has 1 aromatic heterocycles. The highest BCUT2D eigenvalue weighted by Gasteiger charge is 2.32. The Morgan fingerprint density at radius 1 is 1.11 bits per heavy atom. The van der Waals surface area contributed by atoms with Gasteiger partial charge in [0.2, 0.25) is 10.0 Å². The van der Waals surface area contributed by atoms with Crippen LogP contribution in [-0.4, -0.2) is 35.3 Å². The van der Waals surface area contributed by atoms with E-state index in [9.17, 15) is 8.42 Å². The van der Waals surface area contributed by atoms with Crippen LogP contribution in [0.2, 0.25) is 0 Å². The first-order valence-corrected chi connectivity index (χ1v) is 12.2. The number of nitrogens with zero attached hydrogens (tertiary/aromatic N) is 2. The molecule has 1 aromatic carbocycles. The third-order valence-electron chi connectivity index (χ3n) is 5.35. The molecule has 28 heavy (non-hydrogen) atoms. The van der Waals surface area contributed by atoms with Crippen molar-refractivity contribution in [1.82, 2.24) is 19.6 Å². The van der Waals surface area contributed by atoms with Crippen LogP contribution in [0, 0.1) is 5.92 Å². The van der Waals surface area contributed by atoms with E-state index in [1.165, 1.54) is 17.1 Å². The van der Waals surface area contributed by atoms with Gasteiger partial charge in [-0.25, -0.2) is 13.1 Å². The fourth-order valence-corrected chi connectivity index (χ4v) is 4.88. The summed E-state index contributed by atoms with van der Waals surface area (Å²) in [6.45, 7) is 7.03. The third kappa shape index (κ3) is 5.59. The predicted molar refractivity (Wildman–Crippen MR) is 115 cm³/mol. The van der Waals surface area contributed by atoms with Crippen molar-refractivity contribution in [3.63, 3.8) is 0 Å². The van der Waals surface area contributed by atoms with Gasteiger partial charge in [0.25, 0.3) is 0 Å². The summed E-state index contributed by atoms with van der Waals surface area (Å²) >= 11 is 1.36. The lowest BCUT2D eigenvalue weighted by Gasteiger charge is -2.31. The Labute approximate surface area is 172 Å². The van der Waals surface area contributed by atoms with Gasteiger partial charge in [-0.3, -0.25) is 0 Å². The summed E-state index contributed by atoms with van der Waals surface area (Å²) in [6, 6.07) is 8.49.